The van der Waals surface area contributed by atoms with Crippen molar-refractivity contribution in [2.45, 2.75) is 46.6 Å². The zero-order valence-electron chi connectivity index (χ0n) is 20.6. The molecule has 3 rings (SSSR count). The molecule has 32 heavy (non-hydrogen) atoms. The molecule has 0 spiro atoms. The highest BCUT2D eigenvalue weighted by atomic mass is 15.3. The summed E-state index contributed by atoms with van der Waals surface area (Å²) in [5.41, 5.74) is 5.03. The van der Waals surface area contributed by atoms with Crippen LogP contribution in [0.4, 0.5) is 5.69 Å². The van der Waals surface area contributed by atoms with Gasteiger partial charge in [0.2, 0.25) is 0 Å². The lowest BCUT2D eigenvalue weighted by Gasteiger charge is -2.36. The smallest absolute Gasteiger partial charge is 0.191 e. The van der Waals surface area contributed by atoms with Crippen molar-refractivity contribution in [3.8, 4) is 0 Å². The largest absolute Gasteiger partial charge is 0.369 e. The quantitative estimate of drug-likeness (QED) is 0.357. The van der Waals surface area contributed by atoms with Gasteiger partial charge in [-0.15, -0.1) is 0 Å². The molecule has 7 nitrogen and oxygen atoms in total. The van der Waals surface area contributed by atoms with Crippen molar-refractivity contribution >= 4 is 11.6 Å². The molecule has 0 bridgehead atoms. The third kappa shape index (κ3) is 6.73. The Hall–Kier alpha value is -2.54. The van der Waals surface area contributed by atoms with Crippen molar-refractivity contribution in [2.75, 3.05) is 50.7 Å². The van der Waals surface area contributed by atoms with Crippen LogP contribution in [-0.4, -0.2) is 72.5 Å². The maximum absolute atomic E-state index is 4.83. The van der Waals surface area contributed by atoms with E-state index in [9.17, 15) is 0 Å². The van der Waals surface area contributed by atoms with E-state index in [1.54, 1.807) is 0 Å². The van der Waals surface area contributed by atoms with E-state index < -0.39 is 0 Å². The molecular weight excluding hydrogens is 398 g/mol. The normalized spacial score (nSPS) is 16.3. The van der Waals surface area contributed by atoms with E-state index >= 15 is 0 Å². The lowest BCUT2D eigenvalue weighted by Crippen LogP contribution is -2.46. The maximum atomic E-state index is 4.83. The van der Waals surface area contributed by atoms with Crippen LogP contribution < -0.4 is 15.5 Å². The molecule has 1 aromatic carbocycles. The fourth-order valence-corrected chi connectivity index (χ4v) is 4.38. The molecule has 2 N–H and O–H groups in total. The number of aryl methyl sites for hydroxylation is 2. The van der Waals surface area contributed by atoms with Gasteiger partial charge in [0, 0.05) is 70.3 Å². The van der Waals surface area contributed by atoms with Gasteiger partial charge < -0.3 is 15.5 Å². The third-order valence-electron chi connectivity index (χ3n) is 6.29. The molecule has 0 radical (unpaired) electrons. The Morgan fingerprint density at radius 1 is 1.12 bits per heavy atom. The van der Waals surface area contributed by atoms with Crippen molar-refractivity contribution in [1.82, 2.24) is 25.3 Å². The first-order valence-corrected chi connectivity index (χ1v) is 12.0. The number of nitrogens with one attached hydrogen (secondary N) is 2. The van der Waals surface area contributed by atoms with E-state index in [1.807, 2.05) is 11.7 Å². The Labute approximate surface area is 193 Å². The molecule has 176 valence electrons. The summed E-state index contributed by atoms with van der Waals surface area (Å²) in [7, 11) is 2.01. The molecule has 0 saturated carbocycles. The molecule has 1 aliphatic heterocycles. The number of hydrogen-bond acceptors (Lipinski definition) is 4. The monoisotopic (exact) mass is 439 g/mol. The van der Waals surface area contributed by atoms with Crippen LogP contribution in [0.25, 0.3) is 0 Å². The Balaban J connectivity index is 1.41. The van der Waals surface area contributed by atoms with Gasteiger partial charge in [0.15, 0.2) is 5.96 Å². The number of aliphatic imine (C=N–C) groups is 1. The standard InChI is InChI=1S/C25H41N7/c1-6-26-25(28-20(2)19-24-21(3)29-30(5)22(24)4)27-13-10-14-31-15-17-32(18-16-31)23-11-8-7-9-12-23/h7-9,11-12,20H,6,10,13-19H2,1-5H3,(H2,26,27,28). The van der Waals surface area contributed by atoms with Crippen molar-refractivity contribution in [2.24, 2.45) is 12.0 Å². The van der Waals surface area contributed by atoms with Crippen LogP contribution in [0, 0.1) is 13.8 Å². The number of anilines is 1. The number of guanidine groups is 1. The molecule has 1 aliphatic rings. The third-order valence-corrected chi connectivity index (χ3v) is 6.29. The predicted octanol–water partition coefficient (Wildman–Crippen LogP) is 2.74. The average Bonchev–Trinajstić information content (AvgIpc) is 3.03. The van der Waals surface area contributed by atoms with Gasteiger partial charge in [0.25, 0.3) is 0 Å². The highest BCUT2D eigenvalue weighted by molar-refractivity contribution is 5.80. The van der Waals surface area contributed by atoms with Crippen molar-refractivity contribution in [1.29, 1.82) is 0 Å². The molecule has 1 saturated heterocycles. The van der Waals surface area contributed by atoms with Gasteiger partial charge in [0.1, 0.15) is 0 Å². The molecule has 1 fully saturated rings. The van der Waals surface area contributed by atoms with E-state index in [0.29, 0.717) is 6.04 Å². The number of benzene rings is 1. The second kappa shape index (κ2) is 11.9. The topological polar surface area (TPSA) is 60.7 Å². The molecule has 0 amide bonds. The summed E-state index contributed by atoms with van der Waals surface area (Å²) in [6, 6.07) is 11.0. The zero-order valence-corrected chi connectivity index (χ0v) is 20.6. The van der Waals surface area contributed by atoms with Crippen molar-refractivity contribution in [3.63, 3.8) is 0 Å². The Morgan fingerprint density at radius 3 is 2.47 bits per heavy atom. The van der Waals surface area contributed by atoms with Gasteiger partial charge in [-0.1, -0.05) is 18.2 Å². The minimum atomic E-state index is 0.292. The lowest BCUT2D eigenvalue weighted by molar-refractivity contribution is 0.256. The van der Waals surface area contributed by atoms with Gasteiger partial charge >= 0.3 is 0 Å². The highest BCUT2D eigenvalue weighted by Crippen LogP contribution is 2.16. The fourth-order valence-electron chi connectivity index (χ4n) is 4.38. The summed E-state index contributed by atoms with van der Waals surface area (Å²) >= 11 is 0. The Bertz CT molecular complexity index is 851. The zero-order chi connectivity index (χ0) is 22.9. The summed E-state index contributed by atoms with van der Waals surface area (Å²) in [6.07, 6.45) is 2.03. The van der Waals surface area contributed by atoms with Gasteiger partial charge in [-0.2, -0.15) is 5.10 Å². The Kier molecular flexibility index (Phi) is 8.97. The minimum absolute atomic E-state index is 0.292. The van der Waals surface area contributed by atoms with E-state index in [1.165, 1.54) is 16.9 Å². The molecule has 0 aliphatic carbocycles. The predicted molar refractivity (Wildman–Crippen MR) is 135 cm³/mol. The van der Waals surface area contributed by atoms with Crippen LogP contribution in [-0.2, 0) is 13.5 Å². The van der Waals surface area contributed by atoms with Crippen LogP contribution >= 0.6 is 0 Å². The first kappa shape index (κ1) is 24.1. The summed E-state index contributed by atoms with van der Waals surface area (Å²) in [4.78, 5) is 9.87. The van der Waals surface area contributed by atoms with Crippen molar-refractivity contribution < 1.29 is 0 Å². The maximum Gasteiger partial charge on any atom is 0.191 e. The molecule has 2 aromatic rings. The Morgan fingerprint density at radius 2 is 1.84 bits per heavy atom. The van der Waals surface area contributed by atoms with Crippen molar-refractivity contribution in [3.05, 3.63) is 47.3 Å². The van der Waals surface area contributed by atoms with Crippen LogP contribution in [0.1, 0.15) is 37.2 Å². The molecule has 7 heteroatoms. The van der Waals surface area contributed by atoms with Crippen LogP contribution in [0.5, 0.6) is 0 Å². The first-order chi connectivity index (χ1) is 15.5. The number of hydrogen-bond donors (Lipinski definition) is 2. The van der Waals surface area contributed by atoms with Gasteiger partial charge in [-0.3, -0.25) is 14.6 Å². The fraction of sp³-hybridized carbons (Fsp3) is 0.600. The van der Waals surface area contributed by atoms with Gasteiger partial charge in [-0.25, -0.2) is 0 Å². The summed E-state index contributed by atoms with van der Waals surface area (Å²) in [5.74, 6) is 0.910. The SMILES string of the molecule is CCNC(=NCCCN1CCN(c2ccccc2)CC1)NC(C)Cc1c(C)nn(C)c1C. The summed E-state index contributed by atoms with van der Waals surface area (Å²) in [5, 5.41) is 11.5. The molecule has 1 atom stereocenters. The van der Waals surface area contributed by atoms with E-state index in [2.05, 4.69) is 83.6 Å². The van der Waals surface area contributed by atoms with E-state index in [0.717, 1.165) is 70.3 Å². The minimum Gasteiger partial charge on any atom is -0.369 e. The number of aromatic nitrogens is 2. The lowest BCUT2D eigenvalue weighted by atomic mass is 10.1. The second-order valence-electron chi connectivity index (χ2n) is 8.80. The van der Waals surface area contributed by atoms with Crippen LogP contribution in [0.3, 0.4) is 0 Å². The molecular formula is C25H41N7. The number of piperazine rings is 1. The summed E-state index contributed by atoms with van der Waals surface area (Å²) in [6.45, 7) is 15.8. The molecule has 2 heterocycles. The average molecular weight is 440 g/mol. The highest BCUT2D eigenvalue weighted by Gasteiger charge is 2.17. The van der Waals surface area contributed by atoms with Crippen LogP contribution in [0.2, 0.25) is 0 Å². The van der Waals surface area contributed by atoms with Gasteiger partial charge in [0.05, 0.1) is 5.69 Å². The molecule has 1 unspecified atom stereocenters. The van der Waals surface area contributed by atoms with E-state index in [4.69, 9.17) is 4.99 Å². The number of para-hydroxylation sites is 1. The molecule has 1 aromatic heterocycles. The number of rotatable bonds is 9. The summed E-state index contributed by atoms with van der Waals surface area (Å²) < 4.78 is 1.97. The number of nitrogens with zero attached hydrogens (tertiary/aromatic N) is 5. The van der Waals surface area contributed by atoms with Gasteiger partial charge in [-0.05, 0) is 58.2 Å². The first-order valence-electron chi connectivity index (χ1n) is 12.0. The van der Waals surface area contributed by atoms with E-state index in [-0.39, 0.29) is 0 Å². The second-order valence-corrected chi connectivity index (χ2v) is 8.80. The van der Waals surface area contributed by atoms with Crippen LogP contribution in [0.15, 0.2) is 35.3 Å².